The molecule has 0 unspecified atom stereocenters. The highest BCUT2D eigenvalue weighted by molar-refractivity contribution is 7.89. The van der Waals surface area contributed by atoms with Crippen LogP contribution in [-0.4, -0.2) is 58.6 Å². The minimum Gasteiger partial charge on any atom is -0.383 e. The van der Waals surface area contributed by atoms with Crippen LogP contribution in [-0.2, 0) is 14.8 Å². The third-order valence-electron chi connectivity index (χ3n) is 4.66. The molecule has 0 saturated carbocycles. The second-order valence-corrected chi connectivity index (χ2v) is 8.56. The van der Waals surface area contributed by atoms with Gasteiger partial charge in [-0.05, 0) is 44.2 Å². The number of ether oxygens (including phenoxy) is 1. The average molecular weight is 384 g/mol. The predicted molar refractivity (Wildman–Crippen MR) is 101 cm³/mol. The Bertz CT molecular complexity index is 668. The fraction of sp³-hybridized carbons (Fsp3) is 0.611. The van der Waals surface area contributed by atoms with Gasteiger partial charge in [-0.15, -0.1) is 0 Å². The second kappa shape index (κ2) is 9.89. The Balaban J connectivity index is 1.73. The lowest BCUT2D eigenvalue weighted by atomic mass is 9.95. The molecule has 0 radical (unpaired) electrons. The molecule has 2 N–H and O–H groups in total. The molecule has 8 heteroatoms. The van der Waals surface area contributed by atoms with E-state index >= 15 is 0 Å². The lowest BCUT2D eigenvalue weighted by Gasteiger charge is -2.31. The number of carbonyl (C=O) groups excluding carboxylic acids is 1. The van der Waals surface area contributed by atoms with Crippen molar-refractivity contribution in [1.82, 2.24) is 14.9 Å². The molecule has 0 bridgehead atoms. The van der Waals surface area contributed by atoms with Gasteiger partial charge in [0.15, 0.2) is 0 Å². The van der Waals surface area contributed by atoms with Crippen molar-refractivity contribution >= 4 is 16.1 Å². The highest BCUT2D eigenvalue weighted by Gasteiger charge is 2.29. The maximum atomic E-state index is 12.7. The Kier molecular flexibility index (Phi) is 7.86. The van der Waals surface area contributed by atoms with Gasteiger partial charge in [0.25, 0.3) is 0 Å². The fourth-order valence-electron chi connectivity index (χ4n) is 3.02. The van der Waals surface area contributed by atoms with E-state index in [0.717, 1.165) is 24.8 Å². The molecule has 1 saturated heterocycles. The predicted octanol–water partition coefficient (Wildman–Crippen LogP) is 1.73. The molecule has 7 nitrogen and oxygen atoms in total. The Morgan fingerprint density at radius 1 is 1.15 bits per heavy atom. The number of piperidine rings is 1. The minimum atomic E-state index is -3.41. The normalized spacial score (nSPS) is 16.4. The zero-order valence-corrected chi connectivity index (χ0v) is 16.3. The summed E-state index contributed by atoms with van der Waals surface area (Å²) in [5.41, 5.74) is 1.04. The molecule has 0 aliphatic carbocycles. The average Bonchev–Trinajstić information content (AvgIpc) is 2.63. The van der Waals surface area contributed by atoms with E-state index in [4.69, 9.17) is 4.74 Å². The van der Waals surface area contributed by atoms with Gasteiger partial charge in [-0.1, -0.05) is 17.7 Å². The SMILES string of the molecule is COCCNC(=O)NCCC1CCN(S(=O)(=O)c2ccc(C)cc2)CC1. The van der Waals surface area contributed by atoms with Gasteiger partial charge >= 0.3 is 6.03 Å². The number of urea groups is 1. The molecular weight excluding hydrogens is 354 g/mol. The smallest absolute Gasteiger partial charge is 0.314 e. The molecule has 2 amide bonds. The van der Waals surface area contributed by atoms with Crippen molar-refractivity contribution < 1.29 is 17.9 Å². The molecule has 1 heterocycles. The zero-order valence-electron chi connectivity index (χ0n) is 15.5. The van der Waals surface area contributed by atoms with Crippen LogP contribution in [0.3, 0.4) is 0 Å². The number of hydrogen-bond donors (Lipinski definition) is 2. The molecule has 2 rings (SSSR count). The summed E-state index contributed by atoms with van der Waals surface area (Å²) in [7, 11) is -1.82. The molecule has 0 aromatic heterocycles. The number of hydrogen-bond acceptors (Lipinski definition) is 4. The first-order valence-corrected chi connectivity index (χ1v) is 10.4. The number of aryl methyl sites for hydroxylation is 1. The lowest BCUT2D eigenvalue weighted by molar-refractivity contribution is 0.195. The van der Waals surface area contributed by atoms with Crippen LogP contribution in [0.2, 0.25) is 0 Å². The van der Waals surface area contributed by atoms with Crippen LogP contribution in [0.4, 0.5) is 4.79 Å². The standard InChI is InChI=1S/C18H29N3O4S/c1-15-3-5-17(6-4-15)26(23,24)21-12-8-16(9-13-21)7-10-19-18(22)20-11-14-25-2/h3-6,16H,7-14H2,1-2H3,(H2,19,20,22). The van der Waals surface area contributed by atoms with E-state index < -0.39 is 10.0 Å². The molecule has 0 spiro atoms. The third kappa shape index (κ3) is 5.96. The van der Waals surface area contributed by atoms with Gasteiger partial charge in [0, 0.05) is 33.3 Å². The minimum absolute atomic E-state index is 0.193. The number of benzene rings is 1. The van der Waals surface area contributed by atoms with E-state index in [1.807, 2.05) is 19.1 Å². The summed E-state index contributed by atoms with van der Waals surface area (Å²) in [6.45, 7) is 4.56. The summed E-state index contributed by atoms with van der Waals surface area (Å²) in [6, 6.07) is 6.79. The van der Waals surface area contributed by atoms with Crippen molar-refractivity contribution in [3.05, 3.63) is 29.8 Å². The van der Waals surface area contributed by atoms with Crippen LogP contribution in [0.5, 0.6) is 0 Å². The number of sulfonamides is 1. The van der Waals surface area contributed by atoms with Crippen molar-refractivity contribution in [1.29, 1.82) is 0 Å². The van der Waals surface area contributed by atoms with Gasteiger partial charge in [0.2, 0.25) is 10.0 Å². The number of rotatable bonds is 8. The summed E-state index contributed by atoms with van der Waals surface area (Å²) >= 11 is 0. The van der Waals surface area contributed by atoms with Crippen molar-refractivity contribution in [2.24, 2.45) is 5.92 Å². The van der Waals surface area contributed by atoms with Crippen molar-refractivity contribution in [3.8, 4) is 0 Å². The van der Waals surface area contributed by atoms with E-state index in [0.29, 0.717) is 43.6 Å². The van der Waals surface area contributed by atoms with E-state index in [9.17, 15) is 13.2 Å². The molecule has 0 atom stereocenters. The van der Waals surface area contributed by atoms with Gasteiger partial charge in [0.1, 0.15) is 0 Å². The van der Waals surface area contributed by atoms with Gasteiger partial charge < -0.3 is 15.4 Å². The number of carbonyl (C=O) groups is 1. The van der Waals surface area contributed by atoms with Gasteiger partial charge in [0.05, 0.1) is 11.5 Å². The van der Waals surface area contributed by atoms with Crippen LogP contribution < -0.4 is 10.6 Å². The fourth-order valence-corrected chi connectivity index (χ4v) is 4.49. The van der Waals surface area contributed by atoms with Gasteiger partial charge in [-0.3, -0.25) is 0 Å². The number of nitrogens with one attached hydrogen (secondary N) is 2. The number of nitrogens with zero attached hydrogens (tertiary/aromatic N) is 1. The Morgan fingerprint density at radius 2 is 1.77 bits per heavy atom. The number of amides is 2. The van der Waals surface area contributed by atoms with E-state index in [2.05, 4.69) is 10.6 Å². The molecular formula is C18H29N3O4S. The van der Waals surface area contributed by atoms with Crippen LogP contribution in [0.25, 0.3) is 0 Å². The molecule has 1 aromatic rings. The Morgan fingerprint density at radius 3 is 2.38 bits per heavy atom. The molecule has 26 heavy (non-hydrogen) atoms. The maximum Gasteiger partial charge on any atom is 0.314 e. The number of methoxy groups -OCH3 is 1. The first kappa shape index (κ1) is 20.7. The van der Waals surface area contributed by atoms with Crippen LogP contribution in [0, 0.1) is 12.8 Å². The summed E-state index contributed by atoms with van der Waals surface area (Å²) < 4.78 is 31.8. The van der Waals surface area contributed by atoms with E-state index in [1.54, 1.807) is 23.5 Å². The first-order chi connectivity index (χ1) is 12.4. The molecule has 1 aliphatic heterocycles. The second-order valence-electron chi connectivity index (χ2n) is 6.62. The summed E-state index contributed by atoms with van der Waals surface area (Å²) in [5, 5.41) is 5.53. The summed E-state index contributed by atoms with van der Waals surface area (Å²) in [4.78, 5) is 11.9. The highest BCUT2D eigenvalue weighted by Crippen LogP contribution is 2.25. The van der Waals surface area contributed by atoms with Gasteiger partial charge in [-0.25, -0.2) is 13.2 Å². The monoisotopic (exact) mass is 383 g/mol. The molecule has 1 fully saturated rings. The first-order valence-electron chi connectivity index (χ1n) is 9.01. The quantitative estimate of drug-likeness (QED) is 0.669. The van der Waals surface area contributed by atoms with Crippen molar-refractivity contribution in [3.63, 3.8) is 0 Å². The summed E-state index contributed by atoms with van der Waals surface area (Å²) in [5.74, 6) is 0.429. The third-order valence-corrected chi connectivity index (χ3v) is 6.58. The van der Waals surface area contributed by atoms with E-state index in [-0.39, 0.29) is 6.03 Å². The molecule has 1 aliphatic rings. The van der Waals surface area contributed by atoms with Crippen molar-refractivity contribution in [2.75, 3.05) is 39.9 Å². The van der Waals surface area contributed by atoms with Gasteiger partial charge in [-0.2, -0.15) is 4.31 Å². The lowest BCUT2D eigenvalue weighted by Crippen LogP contribution is -2.40. The van der Waals surface area contributed by atoms with Crippen LogP contribution in [0.15, 0.2) is 29.2 Å². The zero-order chi connectivity index (χ0) is 19.0. The molecule has 146 valence electrons. The van der Waals surface area contributed by atoms with Crippen LogP contribution >= 0.6 is 0 Å². The largest absolute Gasteiger partial charge is 0.383 e. The Labute approximate surface area is 156 Å². The molecule has 1 aromatic carbocycles. The topological polar surface area (TPSA) is 87.7 Å². The Hall–Kier alpha value is -1.64. The summed E-state index contributed by atoms with van der Waals surface area (Å²) in [6.07, 6.45) is 2.49. The highest BCUT2D eigenvalue weighted by atomic mass is 32.2. The maximum absolute atomic E-state index is 12.7. The van der Waals surface area contributed by atoms with Crippen molar-refractivity contribution in [2.45, 2.75) is 31.1 Å². The van der Waals surface area contributed by atoms with E-state index in [1.165, 1.54) is 0 Å². The van der Waals surface area contributed by atoms with Crippen LogP contribution in [0.1, 0.15) is 24.8 Å².